The molecule has 0 saturated carbocycles. The van der Waals surface area contributed by atoms with Gasteiger partial charge in [0.1, 0.15) is 11.3 Å². The van der Waals surface area contributed by atoms with Gasteiger partial charge in [-0.2, -0.15) is 4.31 Å². The van der Waals surface area contributed by atoms with Crippen LogP contribution in [0, 0.1) is 6.92 Å². The number of rotatable bonds is 6. The Kier molecular flexibility index (Phi) is 6.29. The molecule has 1 aromatic heterocycles. The molecule has 0 atom stereocenters. The van der Waals surface area contributed by atoms with Crippen molar-refractivity contribution in [3.63, 3.8) is 0 Å². The van der Waals surface area contributed by atoms with Gasteiger partial charge in [0.05, 0.1) is 11.4 Å². The molecule has 0 bridgehead atoms. The second-order valence-corrected chi connectivity index (χ2v) is 9.62. The zero-order valence-corrected chi connectivity index (χ0v) is 18.7. The molecule has 1 aliphatic heterocycles. The van der Waals surface area contributed by atoms with Crippen LogP contribution >= 0.6 is 0 Å². The Morgan fingerprint density at radius 1 is 1.03 bits per heavy atom. The van der Waals surface area contributed by atoms with E-state index in [0.717, 1.165) is 40.7 Å². The van der Waals surface area contributed by atoms with Crippen molar-refractivity contribution in [3.8, 4) is 0 Å². The number of aryl methyl sites for hydroxylation is 1. The summed E-state index contributed by atoms with van der Waals surface area (Å²) in [6.45, 7) is 4.32. The van der Waals surface area contributed by atoms with Gasteiger partial charge >= 0.3 is 0 Å². The van der Waals surface area contributed by atoms with Gasteiger partial charge in [-0.3, -0.25) is 4.99 Å². The Morgan fingerprint density at radius 2 is 1.71 bits per heavy atom. The van der Waals surface area contributed by atoms with Crippen molar-refractivity contribution >= 4 is 27.0 Å². The second-order valence-electron chi connectivity index (χ2n) is 7.68. The lowest BCUT2D eigenvalue weighted by Gasteiger charge is -2.16. The van der Waals surface area contributed by atoms with Crippen molar-refractivity contribution in [1.82, 2.24) is 14.9 Å². The monoisotopic (exact) mass is 440 g/mol. The summed E-state index contributed by atoms with van der Waals surface area (Å²) >= 11 is 0. The number of hydrogen-bond acceptors (Lipinski definition) is 4. The number of furan rings is 1. The molecule has 7 nitrogen and oxygen atoms in total. The number of benzene rings is 2. The van der Waals surface area contributed by atoms with Crippen LogP contribution in [-0.4, -0.2) is 38.8 Å². The number of para-hydroxylation sites is 1. The molecule has 8 heteroatoms. The minimum absolute atomic E-state index is 0.348. The molecular formula is C23H28N4O3S. The van der Waals surface area contributed by atoms with Crippen LogP contribution in [0.4, 0.5) is 0 Å². The zero-order valence-electron chi connectivity index (χ0n) is 17.9. The van der Waals surface area contributed by atoms with E-state index in [1.165, 1.54) is 0 Å². The number of aliphatic imine (C=N–C) groups is 1. The normalized spacial score (nSPS) is 15.5. The highest BCUT2D eigenvalue weighted by Gasteiger charge is 2.26. The summed E-state index contributed by atoms with van der Waals surface area (Å²) < 4.78 is 32.8. The van der Waals surface area contributed by atoms with Crippen LogP contribution in [0.5, 0.6) is 0 Å². The average Bonchev–Trinajstić information content (AvgIpc) is 3.44. The van der Waals surface area contributed by atoms with Crippen molar-refractivity contribution in [3.05, 3.63) is 65.4 Å². The molecular weight excluding hydrogens is 412 g/mol. The summed E-state index contributed by atoms with van der Waals surface area (Å²) in [5.41, 5.74) is 2.97. The van der Waals surface area contributed by atoms with E-state index in [1.807, 2.05) is 30.3 Å². The molecule has 2 N–H and O–H groups in total. The molecule has 3 aromatic rings. The van der Waals surface area contributed by atoms with E-state index in [1.54, 1.807) is 23.5 Å². The highest BCUT2D eigenvalue weighted by Crippen LogP contribution is 2.24. The number of guanidine groups is 1. The van der Waals surface area contributed by atoms with Crippen LogP contribution in [0.25, 0.3) is 11.0 Å². The number of sulfonamides is 1. The first-order valence-corrected chi connectivity index (χ1v) is 11.9. The maximum absolute atomic E-state index is 12.6. The van der Waals surface area contributed by atoms with Crippen LogP contribution in [0.1, 0.15) is 29.7 Å². The van der Waals surface area contributed by atoms with E-state index in [4.69, 9.17) is 4.42 Å². The number of nitrogens with zero attached hydrogens (tertiary/aromatic N) is 2. The lowest BCUT2D eigenvalue weighted by molar-refractivity contribution is 0.477. The molecule has 1 fully saturated rings. The lowest BCUT2D eigenvalue weighted by atomic mass is 10.1. The largest absolute Gasteiger partial charge is 0.459 e. The fourth-order valence-corrected chi connectivity index (χ4v) is 5.34. The molecule has 1 saturated heterocycles. The summed E-state index contributed by atoms with van der Waals surface area (Å²) in [6.07, 6.45) is 1.86. The summed E-state index contributed by atoms with van der Waals surface area (Å²) in [7, 11) is -1.66. The first kappa shape index (κ1) is 21.4. The molecule has 2 heterocycles. The highest BCUT2D eigenvalue weighted by molar-refractivity contribution is 7.89. The predicted molar refractivity (Wildman–Crippen MR) is 122 cm³/mol. The minimum atomic E-state index is -3.38. The smallest absolute Gasteiger partial charge is 0.243 e. The first-order chi connectivity index (χ1) is 15.0. The standard InChI is InChI=1S/C23H28N4O3S/c1-17-20-7-3-4-8-21(20)30-22(17)16-26-23(24-2)25-15-18-9-11-19(12-10-18)31(28,29)27-13-5-6-14-27/h3-4,7-12H,5-6,13-16H2,1-2H3,(H2,24,25,26). The van der Waals surface area contributed by atoms with Gasteiger partial charge in [-0.25, -0.2) is 8.42 Å². The maximum atomic E-state index is 12.6. The Balaban J connectivity index is 1.34. The van der Waals surface area contributed by atoms with Gasteiger partial charge in [0.25, 0.3) is 0 Å². The van der Waals surface area contributed by atoms with Crippen molar-refractivity contribution in [1.29, 1.82) is 0 Å². The molecule has 0 radical (unpaired) electrons. The molecule has 0 unspecified atom stereocenters. The number of fused-ring (bicyclic) bond motifs is 1. The number of nitrogens with one attached hydrogen (secondary N) is 2. The fourth-order valence-electron chi connectivity index (χ4n) is 3.82. The Hall–Kier alpha value is -2.84. The van der Waals surface area contributed by atoms with Crippen LogP contribution in [0.3, 0.4) is 0 Å². The van der Waals surface area contributed by atoms with E-state index >= 15 is 0 Å². The topological polar surface area (TPSA) is 86.9 Å². The Morgan fingerprint density at radius 3 is 2.39 bits per heavy atom. The van der Waals surface area contributed by atoms with Gasteiger partial charge in [0, 0.05) is 37.6 Å². The quantitative estimate of drug-likeness (QED) is 0.453. The van der Waals surface area contributed by atoms with E-state index in [2.05, 4.69) is 28.6 Å². The molecule has 2 aromatic carbocycles. The summed E-state index contributed by atoms with van der Waals surface area (Å²) in [5.74, 6) is 1.52. The van der Waals surface area contributed by atoms with Gasteiger partial charge in [0.15, 0.2) is 5.96 Å². The number of hydrogen-bond donors (Lipinski definition) is 2. The van der Waals surface area contributed by atoms with Crippen molar-refractivity contribution in [2.75, 3.05) is 20.1 Å². The van der Waals surface area contributed by atoms with Gasteiger partial charge in [-0.05, 0) is 43.5 Å². The van der Waals surface area contributed by atoms with Gasteiger partial charge < -0.3 is 15.1 Å². The SMILES string of the molecule is CN=C(NCc1ccc(S(=O)(=O)N2CCCC2)cc1)NCc1oc2ccccc2c1C. The van der Waals surface area contributed by atoms with Crippen LogP contribution in [-0.2, 0) is 23.1 Å². The summed E-state index contributed by atoms with van der Waals surface area (Å²) in [4.78, 5) is 4.61. The van der Waals surface area contributed by atoms with Crippen LogP contribution in [0.2, 0.25) is 0 Å². The van der Waals surface area contributed by atoms with E-state index in [0.29, 0.717) is 37.0 Å². The highest BCUT2D eigenvalue weighted by atomic mass is 32.2. The third kappa shape index (κ3) is 4.60. The van der Waals surface area contributed by atoms with Gasteiger partial charge in [-0.1, -0.05) is 30.3 Å². The Bertz CT molecular complexity index is 1180. The molecule has 164 valence electrons. The third-order valence-corrected chi connectivity index (χ3v) is 7.58. The molecule has 0 amide bonds. The molecule has 1 aliphatic rings. The van der Waals surface area contributed by atoms with E-state index in [-0.39, 0.29) is 0 Å². The first-order valence-electron chi connectivity index (χ1n) is 10.5. The van der Waals surface area contributed by atoms with E-state index < -0.39 is 10.0 Å². The zero-order chi connectivity index (χ0) is 21.8. The van der Waals surface area contributed by atoms with Crippen molar-refractivity contribution in [2.45, 2.75) is 37.8 Å². The molecule has 0 spiro atoms. The summed E-state index contributed by atoms with van der Waals surface area (Å²) in [5, 5.41) is 7.65. The van der Waals surface area contributed by atoms with E-state index in [9.17, 15) is 8.42 Å². The predicted octanol–water partition coefficient (Wildman–Crippen LogP) is 3.39. The second kappa shape index (κ2) is 9.11. The van der Waals surface area contributed by atoms with Crippen molar-refractivity contribution < 1.29 is 12.8 Å². The maximum Gasteiger partial charge on any atom is 0.243 e. The molecule has 4 rings (SSSR count). The Labute approximate surface area is 183 Å². The van der Waals surface area contributed by atoms with Crippen LogP contribution < -0.4 is 10.6 Å². The summed E-state index contributed by atoms with van der Waals surface area (Å²) in [6, 6.07) is 15.0. The fraction of sp³-hybridized carbons (Fsp3) is 0.348. The average molecular weight is 441 g/mol. The minimum Gasteiger partial charge on any atom is -0.459 e. The third-order valence-electron chi connectivity index (χ3n) is 5.67. The molecule has 0 aliphatic carbocycles. The van der Waals surface area contributed by atoms with Crippen molar-refractivity contribution in [2.24, 2.45) is 4.99 Å². The lowest BCUT2D eigenvalue weighted by Crippen LogP contribution is -2.36. The molecule has 31 heavy (non-hydrogen) atoms. The van der Waals surface area contributed by atoms with Gasteiger partial charge in [0.2, 0.25) is 10.0 Å². The van der Waals surface area contributed by atoms with Gasteiger partial charge in [-0.15, -0.1) is 0 Å². The van der Waals surface area contributed by atoms with Crippen LogP contribution in [0.15, 0.2) is 62.8 Å².